The normalized spacial score (nSPS) is 16.5. The van der Waals surface area contributed by atoms with Crippen molar-refractivity contribution >= 4 is 31.6 Å². The average molecular weight is 399 g/mol. The van der Waals surface area contributed by atoms with Crippen molar-refractivity contribution < 1.29 is 12.8 Å². The molecule has 1 fully saturated rings. The van der Waals surface area contributed by atoms with E-state index in [-0.39, 0.29) is 10.7 Å². The molecule has 0 radical (unpaired) electrons. The molecule has 7 heteroatoms. The summed E-state index contributed by atoms with van der Waals surface area (Å²) in [5, 5.41) is 0. The lowest BCUT2D eigenvalue weighted by Crippen LogP contribution is -2.49. The first-order valence-electron chi connectivity index (χ1n) is 7.24. The summed E-state index contributed by atoms with van der Waals surface area (Å²) in [4.78, 5) is 2.14. The molecular formula is C16H16BrFN2O2S. The van der Waals surface area contributed by atoms with E-state index in [0.29, 0.717) is 36.3 Å². The van der Waals surface area contributed by atoms with Gasteiger partial charge in [0.1, 0.15) is 5.82 Å². The Labute approximate surface area is 143 Å². The number of hydrogen-bond acceptors (Lipinski definition) is 3. The van der Waals surface area contributed by atoms with Crippen LogP contribution >= 0.6 is 15.9 Å². The molecule has 3 rings (SSSR count). The van der Waals surface area contributed by atoms with Gasteiger partial charge in [-0.2, -0.15) is 4.31 Å². The highest BCUT2D eigenvalue weighted by atomic mass is 79.9. The first-order valence-corrected chi connectivity index (χ1v) is 9.47. The Hall–Kier alpha value is -1.44. The summed E-state index contributed by atoms with van der Waals surface area (Å²) in [6.45, 7) is 1.59. The summed E-state index contributed by atoms with van der Waals surface area (Å²) in [6, 6.07) is 13.3. The minimum Gasteiger partial charge on any atom is -0.367 e. The molecule has 122 valence electrons. The summed E-state index contributed by atoms with van der Waals surface area (Å²) < 4.78 is 41.3. The fourth-order valence-electron chi connectivity index (χ4n) is 2.67. The number of piperazine rings is 1. The summed E-state index contributed by atoms with van der Waals surface area (Å²) in [6.07, 6.45) is 0. The smallest absolute Gasteiger partial charge is 0.244 e. The van der Waals surface area contributed by atoms with Crippen LogP contribution < -0.4 is 4.90 Å². The van der Waals surface area contributed by atoms with Crippen molar-refractivity contribution in [2.24, 2.45) is 0 Å². The third-order valence-corrected chi connectivity index (χ3v) is 6.80. The molecular weight excluding hydrogens is 383 g/mol. The molecule has 4 nitrogen and oxygen atoms in total. The third-order valence-electron chi connectivity index (χ3n) is 3.89. The molecule has 0 N–H and O–H groups in total. The molecule has 0 saturated carbocycles. The topological polar surface area (TPSA) is 40.6 Å². The molecule has 0 atom stereocenters. The van der Waals surface area contributed by atoms with Crippen molar-refractivity contribution in [3.63, 3.8) is 0 Å². The van der Waals surface area contributed by atoms with Crippen LogP contribution in [0, 0.1) is 5.82 Å². The Bertz CT molecular complexity index is 805. The lowest BCUT2D eigenvalue weighted by atomic mass is 10.2. The second-order valence-corrected chi connectivity index (χ2v) is 8.03. The number of benzene rings is 2. The summed E-state index contributed by atoms with van der Waals surface area (Å²) in [7, 11) is -3.54. The quantitative estimate of drug-likeness (QED) is 0.797. The summed E-state index contributed by atoms with van der Waals surface area (Å²) in [5.74, 6) is -0.283. The van der Waals surface area contributed by atoms with E-state index in [1.54, 1.807) is 42.5 Å². The standard InChI is InChI=1S/C16H16BrFN2O2S/c17-13-5-1-4-8-16(13)23(21,22)20-11-9-19(10-12-20)15-7-3-2-6-14(15)18/h1-8H,9-12H2. The minimum absolute atomic E-state index is 0.263. The second kappa shape index (κ2) is 6.59. The molecule has 2 aromatic carbocycles. The van der Waals surface area contributed by atoms with E-state index >= 15 is 0 Å². The van der Waals surface area contributed by atoms with Crippen LogP contribution in [-0.2, 0) is 10.0 Å². The van der Waals surface area contributed by atoms with Crippen molar-refractivity contribution in [1.82, 2.24) is 4.31 Å². The molecule has 2 aromatic rings. The van der Waals surface area contributed by atoms with Crippen LogP contribution in [0.1, 0.15) is 0 Å². The fraction of sp³-hybridized carbons (Fsp3) is 0.250. The summed E-state index contributed by atoms with van der Waals surface area (Å²) >= 11 is 3.29. The average Bonchev–Trinajstić information content (AvgIpc) is 2.56. The van der Waals surface area contributed by atoms with Crippen LogP contribution in [0.25, 0.3) is 0 Å². The zero-order chi connectivity index (χ0) is 16.4. The van der Waals surface area contributed by atoms with Gasteiger partial charge in [-0.1, -0.05) is 24.3 Å². The molecule has 0 bridgehead atoms. The van der Waals surface area contributed by atoms with Gasteiger partial charge in [0.05, 0.1) is 10.6 Å². The van der Waals surface area contributed by atoms with Gasteiger partial charge in [-0.3, -0.25) is 0 Å². The Morgan fingerprint density at radius 3 is 2.17 bits per heavy atom. The Kier molecular flexibility index (Phi) is 4.70. The number of halogens is 2. The molecule has 1 aliphatic heterocycles. The van der Waals surface area contributed by atoms with E-state index in [4.69, 9.17) is 0 Å². The first-order chi connectivity index (χ1) is 11.0. The zero-order valence-electron chi connectivity index (χ0n) is 12.3. The molecule has 23 heavy (non-hydrogen) atoms. The number of para-hydroxylation sites is 1. The van der Waals surface area contributed by atoms with Crippen molar-refractivity contribution in [3.05, 3.63) is 58.8 Å². The van der Waals surface area contributed by atoms with Gasteiger partial charge in [0, 0.05) is 30.7 Å². The highest BCUT2D eigenvalue weighted by Crippen LogP contribution is 2.27. The Morgan fingerprint density at radius 2 is 1.52 bits per heavy atom. The Balaban J connectivity index is 1.77. The third kappa shape index (κ3) is 3.27. The maximum absolute atomic E-state index is 13.8. The molecule has 0 unspecified atom stereocenters. The molecule has 1 saturated heterocycles. The lowest BCUT2D eigenvalue weighted by Gasteiger charge is -2.35. The van der Waals surface area contributed by atoms with Crippen molar-refractivity contribution in [1.29, 1.82) is 0 Å². The number of hydrogen-bond donors (Lipinski definition) is 0. The molecule has 1 aliphatic rings. The van der Waals surface area contributed by atoms with Crippen LogP contribution in [0.3, 0.4) is 0 Å². The number of sulfonamides is 1. The van der Waals surface area contributed by atoms with Crippen molar-refractivity contribution in [3.8, 4) is 0 Å². The summed E-state index contributed by atoms with van der Waals surface area (Å²) in [5.41, 5.74) is 0.519. The van der Waals surface area contributed by atoms with E-state index in [9.17, 15) is 12.8 Å². The maximum Gasteiger partial charge on any atom is 0.244 e. The first kappa shape index (κ1) is 16.4. The van der Waals surface area contributed by atoms with Crippen molar-refractivity contribution in [2.75, 3.05) is 31.1 Å². The van der Waals surface area contributed by atoms with Crippen molar-refractivity contribution in [2.45, 2.75) is 4.90 Å². The number of nitrogens with zero attached hydrogens (tertiary/aromatic N) is 2. The van der Waals surface area contributed by atoms with Crippen LogP contribution in [-0.4, -0.2) is 38.9 Å². The van der Waals surface area contributed by atoms with Crippen LogP contribution in [0.5, 0.6) is 0 Å². The predicted molar refractivity (Wildman–Crippen MR) is 91.5 cm³/mol. The van der Waals surface area contributed by atoms with Crippen LogP contribution in [0.15, 0.2) is 57.9 Å². The largest absolute Gasteiger partial charge is 0.367 e. The van der Waals surface area contributed by atoms with Gasteiger partial charge >= 0.3 is 0 Å². The molecule has 1 heterocycles. The minimum atomic E-state index is -3.54. The van der Waals surface area contributed by atoms with E-state index in [1.807, 2.05) is 4.90 Å². The number of rotatable bonds is 3. The van der Waals surface area contributed by atoms with Gasteiger partial charge in [-0.15, -0.1) is 0 Å². The zero-order valence-corrected chi connectivity index (χ0v) is 14.7. The predicted octanol–water partition coefficient (Wildman–Crippen LogP) is 3.10. The number of anilines is 1. The lowest BCUT2D eigenvalue weighted by molar-refractivity contribution is 0.383. The fourth-order valence-corrected chi connectivity index (χ4v) is 5.06. The van der Waals surface area contributed by atoms with Gasteiger partial charge in [0.25, 0.3) is 0 Å². The van der Waals surface area contributed by atoms with Gasteiger partial charge in [0.2, 0.25) is 10.0 Å². The molecule has 0 aliphatic carbocycles. The molecule has 0 spiro atoms. The highest BCUT2D eigenvalue weighted by Gasteiger charge is 2.30. The van der Waals surface area contributed by atoms with E-state index in [0.717, 1.165) is 0 Å². The van der Waals surface area contributed by atoms with Gasteiger partial charge in [-0.05, 0) is 40.2 Å². The molecule has 0 amide bonds. The Morgan fingerprint density at radius 1 is 0.913 bits per heavy atom. The monoisotopic (exact) mass is 398 g/mol. The van der Waals surface area contributed by atoms with E-state index in [1.165, 1.54) is 10.4 Å². The highest BCUT2D eigenvalue weighted by molar-refractivity contribution is 9.10. The molecule has 0 aromatic heterocycles. The van der Waals surface area contributed by atoms with Gasteiger partial charge in [-0.25, -0.2) is 12.8 Å². The van der Waals surface area contributed by atoms with E-state index < -0.39 is 10.0 Å². The second-order valence-electron chi connectivity index (χ2n) is 5.27. The van der Waals surface area contributed by atoms with E-state index in [2.05, 4.69) is 15.9 Å². The SMILES string of the molecule is O=S(=O)(c1ccccc1Br)N1CCN(c2ccccc2F)CC1. The van der Waals surface area contributed by atoms with Gasteiger partial charge in [0.15, 0.2) is 0 Å². The van der Waals surface area contributed by atoms with Gasteiger partial charge < -0.3 is 4.90 Å². The maximum atomic E-state index is 13.8. The van der Waals surface area contributed by atoms with Crippen LogP contribution in [0.2, 0.25) is 0 Å². The van der Waals surface area contributed by atoms with Crippen LogP contribution in [0.4, 0.5) is 10.1 Å².